The topological polar surface area (TPSA) is 131 Å². The van der Waals surface area contributed by atoms with E-state index in [9.17, 15) is 9.59 Å². The number of carbonyl (C=O) groups is 1. The van der Waals surface area contributed by atoms with Gasteiger partial charge in [0.15, 0.2) is 17.6 Å². The molecule has 16 heteroatoms. The van der Waals surface area contributed by atoms with Crippen molar-refractivity contribution >= 4 is 92.6 Å². The molecule has 1 atom stereocenters. The molecule has 1 unspecified atom stereocenters. The minimum absolute atomic E-state index is 0.0104. The van der Waals surface area contributed by atoms with Gasteiger partial charge in [0.25, 0.3) is 5.91 Å². The van der Waals surface area contributed by atoms with E-state index in [0.29, 0.717) is 35.0 Å². The van der Waals surface area contributed by atoms with Crippen LogP contribution < -0.4 is 30.4 Å². The summed E-state index contributed by atoms with van der Waals surface area (Å²) in [7, 11) is 3.08. The number of aromatic nitrogens is 2. The van der Waals surface area contributed by atoms with Crippen LogP contribution >= 0.6 is 58.2 Å². The van der Waals surface area contributed by atoms with Gasteiger partial charge in [-0.05, 0) is 91.8 Å². The van der Waals surface area contributed by atoms with Crippen LogP contribution in [0.4, 0.5) is 28.6 Å². The Morgan fingerprint density at radius 2 is 1.39 bits per heavy atom. The van der Waals surface area contributed by atoms with Gasteiger partial charge in [-0.2, -0.15) is 0 Å². The van der Waals surface area contributed by atoms with Gasteiger partial charge in [0, 0.05) is 27.7 Å². The Balaban J connectivity index is 1.28. The zero-order valence-electron chi connectivity index (χ0n) is 41.5. The molecule has 0 bridgehead atoms. The number of ether oxygens (including phenoxy) is 3. The number of benzene rings is 5. The summed E-state index contributed by atoms with van der Waals surface area (Å²) in [5.41, 5.74) is 2.74. The molecule has 3 N–H and O–H groups in total. The molecule has 0 aliphatic rings. The third-order valence-corrected chi connectivity index (χ3v) is 14.6. The highest BCUT2D eigenvalue weighted by molar-refractivity contribution is 7.99. The number of hydrogen-bond donors (Lipinski definition) is 3. The molecule has 0 saturated carbocycles. The normalized spacial score (nSPS) is 12.0. The van der Waals surface area contributed by atoms with Crippen LogP contribution in [0.5, 0.6) is 17.2 Å². The second-order valence-electron chi connectivity index (χ2n) is 18.1. The van der Waals surface area contributed by atoms with Crippen molar-refractivity contribution in [1.29, 1.82) is 0 Å². The molecule has 0 spiro atoms. The first-order valence-corrected chi connectivity index (χ1v) is 26.5. The Morgan fingerprint density at radius 1 is 0.761 bits per heavy atom. The van der Waals surface area contributed by atoms with E-state index in [4.69, 9.17) is 60.6 Å². The highest BCUT2D eigenvalue weighted by Crippen LogP contribution is 2.44. The summed E-state index contributed by atoms with van der Waals surface area (Å²) in [6.07, 6.45) is 12.5. The lowest BCUT2D eigenvalue weighted by atomic mass is 9.82. The van der Waals surface area contributed by atoms with Crippen molar-refractivity contribution in [3.63, 3.8) is 0 Å². The fraction of sp³-hybridized carbons (Fsp3) is 0.382. The van der Waals surface area contributed by atoms with E-state index < -0.39 is 11.7 Å². The molecule has 11 nitrogen and oxygen atoms in total. The smallest absolute Gasteiger partial charge is 0.301 e. The molecule has 378 valence electrons. The van der Waals surface area contributed by atoms with Crippen LogP contribution in [0.2, 0.25) is 20.1 Å². The zero-order valence-corrected chi connectivity index (χ0v) is 45.4. The maximum Gasteiger partial charge on any atom is 0.301 e. The van der Waals surface area contributed by atoms with Crippen molar-refractivity contribution in [1.82, 2.24) is 9.78 Å². The molecular weight excluding hydrogens is 999 g/mol. The van der Waals surface area contributed by atoms with Crippen molar-refractivity contribution in [3.8, 4) is 22.9 Å². The lowest BCUT2D eigenvalue weighted by molar-refractivity contribution is -0.123. The number of H-pyrrole nitrogens is 1. The van der Waals surface area contributed by atoms with E-state index in [0.717, 1.165) is 45.7 Å². The number of aryl methyl sites for hydroxylation is 1. The number of methoxy groups -OCH3 is 2. The average molecular weight is 1060 g/mol. The predicted octanol–water partition coefficient (Wildman–Crippen LogP) is 17.8. The Hall–Kier alpha value is -5.11. The number of halogens is 4. The van der Waals surface area contributed by atoms with Gasteiger partial charge < -0.3 is 24.8 Å². The van der Waals surface area contributed by atoms with Gasteiger partial charge in [0.2, 0.25) is 0 Å². The third-order valence-electron chi connectivity index (χ3n) is 12.4. The van der Waals surface area contributed by atoms with Crippen molar-refractivity contribution in [3.05, 3.63) is 133 Å². The van der Waals surface area contributed by atoms with E-state index in [1.54, 1.807) is 37.4 Å². The van der Waals surface area contributed by atoms with Crippen LogP contribution in [-0.4, -0.2) is 36.0 Å². The number of nitrogens with one attached hydrogen (secondary N) is 3. The molecule has 1 aromatic heterocycles. The molecule has 6 rings (SSSR count). The van der Waals surface area contributed by atoms with E-state index in [2.05, 4.69) is 65.8 Å². The minimum atomic E-state index is -0.765. The second-order valence-corrected chi connectivity index (χ2v) is 20.9. The van der Waals surface area contributed by atoms with Crippen LogP contribution in [0, 0.1) is 6.92 Å². The van der Waals surface area contributed by atoms with Gasteiger partial charge in [-0.3, -0.25) is 14.7 Å². The number of nitrogens with zero attached hydrogens (tertiary/aromatic N) is 3. The highest BCUT2D eigenvalue weighted by atomic mass is 35.5. The fourth-order valence-corrected chi connectivity index (χ4v) is 9.92. The molecule has 0 aliphatic carbocycles. The van der Waals surface area contributed by atoms with Gasteiger partial charge in [0.1, 0.15) is 28.6 Å². The first-order chi connectivity index (χ1) is 34.1. The SMILES string of the molecule is CCCCCCCCCCCCC(Oc1ccc(C(C)(C)CC)cc1)C(=O)Nc1ccc(Cl)c(Nc2[nH]n(-c3c(Cl)cc(Cl)cc3Cl)c(=O)c2N=Nc2cc(OC)c(Sc3ccc(C)cc3)cc2OC)c1. The molecular formula is C55H64Cl4N6O5S. The van der Waals surface area contributed by atoms with Crippen molar-refractivity contribution in [2.24, 2.45) is 10.2 Å². The number of carbonyl (C=O) groups excluding carboxylic acids is 1. The minimum Gasteiger partial charge on any atom is -0.495 e. The van der Waals surface area contributed by atoms with Crippen molar-refractivity contribution < 1.29 is 19.0 Å². The molecule has 0 radical (unpaired) electrons. The highest BCUT2D eigenvalue weighted by Gasteiger charge is 2.25. The summed E-state index contributed by atoms with van der Waals surface area (Å²) in [5.74, 6) is 1.31. The zero-order chi connectivity index (χ0) is 51.1. The van der Waals surface area contributed by atoms with Crippen molar-refractivity contribution in [2.75, 3.05) is 24.9 Å². The Labute approximate surface area is 442 Å². The molecule has 0 fully saturated rings. The lowest BCUT2D eigenvalue weighted by Gasteiger charge is -2.24. The van der Waals surface area contributed by atoms with Gasteiger partial charge in [0.05, 0.1) is 39.9 Å². The van der Waals surface area contributed by atoms with Crippen LogP contribution in [0.15, 0.2) is 116 Å². The maximum absolute atomic E-state index is 14.4. The maximum atomic E-state index is 14.4. The van der Waals surface area contributed by atoms with E-state index >= 15 is 0 Å². The largest absolute Gasteiger partial charge is 0.495 e. The van der Waals surface area contributed by atoms with Crippen LogP contribution in [0.3, 0.4) is 0 Å². The first kappa shape index (κ1) is 55.2. The van der Waals surface area contributed by atoms with Gasteiger partial charge >= 0.3 is 5.56 Å². The number of aromatic amines is 1. The van der Waals surface area contributed by atoms with E-state index in [1.165, 1.54) is 81.5 Å². The Bertz CT molecular complexity index is 2790. The fourth-order valence-electron chi connectivity index (χ4n) is 7.83. The number of unbranched alkanes of at least 4 members (excludes halogenated alkanes) is 9. The summed E-state index contributed by atoms with van der Waals surface area (Å²) in [6.45, 7) is 10.9. The number of anilines is 3. The van der Waals surface area contributed by atoms with Crippen LogP contribution in [0.1, 0.15) is 116 Å². The molecule has 1 heterocycles. The average Bonchev–Trinajstić information content (AvgIpc) is 3.65. The summed E-state index contributed by atoms with van der Waals surface area (Å²) >= 11 is 27.9. The summed E-state index contributed by atoms with van der Waals surface area (Å²) in [5, 5.41) is 19.1. The quantitative estimate of drug-likeness (QED) is 0.0364. The lowest BCUT2D eigenvalue weighted by Crippen LogP contribution is -2.33. The summed E-state index contributed by atoms with van der Waals surface area (Å²) < 4.78 is 19.1. The number of amides is 1. The first-order valence-electron chi connectivity index (χ1n) is 24.2. The van der Waals surface area contributed by atoms with Gasteiger partial charge in [-0.25, -0.2) is 4.68 Å². The van der Waals surface area contributed by atoms with Crippen LogP contribution in [-0.2, 0) is 10.2 Å². The molecule has 0 aliphatic heterocycles. The van der Waals surface area contributed by atoms with Crippen LogP contribution in [0.25, 0.3) is 5.69 Å². The molecule has 1 amide bonds. The monoisotopic (exact) mass is 1060 g/mol. The number of azo groups is 1. The standard InChI is InChI=1S/C55H64Cl4N6O5S/c1-8-10-11-12-13-14-15-16-17-18-19-46(70-39-25-22-36(23-26-39)55(4,5)9-2)53(66)60-38-24-29-41(57)44(32-38)61-52-50(54(67)65(64-52)51-42(58)30-37(56)31-43(51)59)63-62-45-33-48(69-7)49(34-47(45)68-6)71-40-27-20-35(3)21-28-40/h20-34,46,61,64H,8-19H2,1-7H3,(H,60,66). The third kappa shape index (κ3) is 15.2. The van der Waals surface area contributed by atoms with E-state index in [-0.39, 0.29) is 54.3 Å². The Kier molecular flexibility index (Phi) is 20.6. The number of rotatable bonds is 26. The summed E-state index contributed by atoms with van der Waals surface area (Å²) in [6, 6.07) is 27.6. The van der Waals surface area contributed by atoms with Gasteiger partial charge in [-0.15, -0.1) is 10.2 Å². The van der Waals surface area contributed by atoms with E-state index in [1.807, 2.05) is 43.3 Å². The van der Waals surface area contributed by atoms with Gasteiger partial charge in [-0.1, -0.05) is 173 Å². The molecule has 5 aromatic carbocycles. The molecule has 71 heavy (non-hydrogen) atoms. The van der Waals surface area contributed by atoms with Crippen molar-refractivity contribution in [2.45, 2.75) is 133 Å². The Morgan fingerprint density at radius 3 is 2.01 bits per heavy atom. The molecule has 0 saturated heterocycles. The number of hydrogen-bond acceptors (Lipinski definition) is 9. The predicted molar refractivity (Wildman–Crippen MR) is 294 cm³/mol. The summed E-state index contributed by atoms with van der Waals surface area (Å²) in [4.78, 5) is 30.4. The second kappa shape index (κ2) is 26.5. The molecule has 6 aromatic rings.